The van der Waals surface area contributed by atoms with E-state index in [-0.39, 0.29) is 23.1 Å². The maximum atomic E-state index is 13.2. The van der Waals surface area contributed by atoms with Crippen LogP contribution < -0.4 is 5.32 Å². The SMILES string of the molecule is Cc1ccc(C(=O)Nc2nnc(C(C)(C)C)s2)c(C2CCN(C(=O)C=Cc3c[nH]c4ccccc34)CC2)n1. The predicted octanol–water partition coefficient (Wildman–Crippen LogP) is 5.69. The van der Waals surface area contributed by atoms with E-state index >= 15 is 0 Å². The molecule has 0 unspecified atom stereocenters. The van der Waals surface area contributed by atoms with E-state index < -0.39 is 0 Å². The van der Waals surface area contributed by atoms with E-state index in [1.54, 1.807) is 6.08 Å². The zero-order valence-corrected chi connectivity index (χ0v) is 22.9. The highest BCUT2D eigenvalue weighted by atomic mass is 32.1. The molecule has 4 aromatic rings. The first-order valence-electron chi connectivity index (χ1n) is 12.8. The van der Waals surface area contributed by atoms with E-state index in [0.29, 0.717) is 23.8 Å². The van der Waals surface area contributed by atoms with E-state index in [1.807, 2.05) is 60.5 Å². The van der Waals surface area contributed by atoms with Crippen LogP contribution in [0.2, 0.25) is 0 Å². The first-order chi connectivity index (χ1) is 18.2. The van der Waals surface area contributed by atoms with Crippen LogP contribution in [0.3, 0.4) is 0 Å². The van der Waals surface area contributed by atoms with Crippen LogP contribution >= 0.6 is 11.3 Å². The molecule has 5 rings (SSSR count). The molecule has 0 spiro atoms. The minimum Gasteiger partial charge on any atom is -0.361 e. The van der Waals surface area contributed by atoms with Gasteiger partial charge in [0.05, 0.1) is 11.3 Å². The molecular formula is C29H32N6O2S. The van der Waals surface area contributed by atoms with Gasteiger partial charge in [-0.05, 0) is 49.6 Å². The highest BCUT2D eigenvalue weighted by molar-refractivity contribution is 7.15. The molecule has 3 aromatic heterocycles. The van der Waals surface area contributed by atoms with Gasteiger partial charge in [0, 0.05) is 53.3 Å². The summed E-state index contributed by atoms with van der Waals surface area (Å²) in [6.45, 7) is 9.36. The Hall–Kier alpha value is -3.85. The van der Waals surface area contributed by atoms with Gasteiger partial charge in [0.25, 0.3) is 5.91 Å². The Morgan fingerprint density at radius 2 is 1.87 bits per heavy atom. The molecule has 2 amide bonds. The molecule has 1 saturated heterocycles. The molecule has 0 atom stereocenters. The van der Waals surface area contributed by atoms with Crippen LogP contribution in [0.5, 0.6) is 0 Å². The summed E-state index contributed by atoms with van der Waals surface area (Å²) in [6.07, 6.45) is 6.93. The molecular weight excluding hydrogens is 496 g/mol. The van der Waals surface area contributed by atoms with Gasteiger partial charge in [0.1, 0.15) is 5.01 Å². The Labute approximate surface area is 226 Å². The number of aromatic amines is 1. The summed E-state index contributed by atoms with van der Waals surface area (Å²) in [5.74, 6) is -0.143. The number of benzene rings is 1. The predicted molar refractivity (Wildman–Crippen MR) is 151 cm³/mol. The fourth-order valence-corrected chi connectivity index (χ4v) is 5.49. The van der Waals surface area contributed by atoms with Gasteiger partial charge in [0.2, 0.25) is 11.0 Å². The molecule has 38 heavy (non-hydrogen) atoms. The number of amides is 2. The molecule has 1 aromatic carbocycles. The number of para-hydroxylation sites is 1. The summed E-state index contributed by atoms with van der Waals surface area (Å²) in [6, 6.07) is 11.7. The molecule has 0 radical (unpaired) electrons. The van der Waals surface area contributed by atoms with Crippen molar-refractivity contribution < 1.29 is 9.59 Å². The van der Waals surface area contributed by atoms with Crippen molar-refractivity contribution in [3.63, 3.8) is 0 Å². The molecule has 1 aliphatic rings. The number of carbonyl (C=O) groups excluding carboxylic acids is 2. The van der Waals surface area contributed by atoms with Gasteiger partial charge in [-0.15, -0.1) is 10.2 Å². The summed E-state index contributed by atoms with van der Waals surface area (Å²) in [4.78, 5) is 36.0. The number of nitrogens with one attached hydrogen (secondary N) is 2. The van der Waals surface area contributed by atoms with Crippen LogP contribution in [0.4, 0.5) is 5.13 Å². The number of hydrogen-bond donors (Lipinski definition) is 2. The number of hydrogen-bond acceptors (Lipinski definition) is 6. The number of aryl methyl sites for hydroxylation is 1. The number of aromatic nitrogens is 4. The third kappa shape index (κ3) is 5.52. The van der Waals surface area contributed by atoms with Crippen LogP contribution in [0.1, 0.15) is 71.8 Å². The largest absolute Gasteiger partial charge is 0.361 e. The van der Waals surface area contributed by atoms with Crippen molar-refractivity contribution >= 4 is 45.3 Å². The minimum atomic E-state index is -0.232. The molecule has 196 valence electrons. The minimum absolute atomic E-state index is 0.00480. The standard InChI is InChI=1S/C29H32N6O2S/c1-18-9-11-22(26(37)32-28-34-33-27(38-28)29(2,3)4)25(31-18)19-13-15-35(16-14-19)24(36)12-10-20-17-30-23-8-6-5-7-21(20)23/h5-12,17,19,30H,13-16H2,1-4H3,(H,32,34,37). The Bertz CT molecular complexity index is 1500. The van der Waals surface area contributed by atoms with Crippen LogP contribution in [0.15, 0.2) is 48.7 Å². The van der Waals surface area contributed by atoms with Crippen molar-refractivity contribution in [1.82, 2.24) is 25.1 Å². The normalized spacial score (nSPS) is 14.9. The molecule has 0 aliphatic carbocycles. The van der Waals surface area contributed by atoms with Gasteiger partial charge in [-0.3, -0.25) is 19.9 Å². The second kappa shape index (κ2) is 10.5. The van der Waals surface area contributed by atoms with Gasteiger partial charge < -0.3 is 9.88 Å². The molecule has 9 heteroatoms. The van der Waals surface area contributed by atoms with Gasteiger partial charge >= 0.3 is 0 Å². The summed E-state index contributed by atoms with van der Waals surface area (Å²) in [5.41, 5.74) is 4.10. The van der Waals surface area contributed by atoms with E-state index in [4.69, 9.17) is 4.98 Å². The van der Waals surface area contributed by atoms with Crippen molar-refractivity contribution in [2.24, 2.45) is 0 Å². The average Bonchev–Trinajstić information content (AvgIpc) is 3.54. The fourth-order valence-electron chi connectivity index (χ4n) is 4.69. The quantitative estimate of drug-likeness (QED) is 0.324. The number of nitrogens with zero attached hydrogens (tertiary/aromatic N) is 4. The van der Waals surface area contributed by atoms with Crippen LogP contribution in [-0.4, -0.2) is 50.0 Å². The lowest BCUT2D eigenvalue weighted by Gasteiger charge is -2.31. The molecule has 4 heterocycles. The molecule has 1 fully saturated rings. The van der Waals surface area contributed by atoms with E-state index in [2.05, 4.69) is 41.3 Å². The molecule has 0 bridgehead atoms. The van der Waals surface area contributed by atoms with Gasteiger partial charge in [-0.1, -0.05) is 50.3 Å². The number of carbonyl (C=O) groups is 2. The fraction of sp³-hybridized carbons (Fsp3) is 0.345. The maximum absolute atomic E-state index is 13.2. The number of fused-ring (bicyclic) bond motifs is 1. The molecule has 1 aliphatic heterocycles. The Morgan fingerprint density at radius 1 is 1.11 bits per heavy atom. The van der Waals surface area contributed by atoms with Crippen molar-refractivity contribution in [3.8, 4) is 0 Å². The average molecular weight is 529 g/mol. The molecule has 8 nitrogen and oxygen atoms in total. The van der Waals surface area contributed by atoms with Crippen molar-refractivity contribution in [1.29, 1.82) is 0 Å². The highest BCUT2D eigenvalue weighted by Crippen LogP contribution is 2.31. The van der Waals surface area contributed by atoms with Crippen molar-refractivity contribution in [3.05, 3.63) is 76.2 Å². The number of rotatable bonds is 5. The lowest BCUT2D eigenvalue weighted by atomic mass is 9.89. The lowest BCUT2D eigenvalue weighted by molar-refractivity contribution is -0.127. The third-order valence-corrected chi connectivity index (χ3v) is 8.08. The number of piperidine rings is 1. The number of anilines is 1. The van der Waals surface area contributed by atoms with E-state index in [1.165, 1.54) is 11.3 Å². The van der Waals surface area contributed by atoms with Crippen LogP contribution in [0.25, 0.3) is 17.0 Å². The maximum Gasteiger partial charge on any atom is 0.259 e. The van der Waals surface area contributed by atoms with Crippen LogP contribution in [0, 0.1) is 6.92 Å². The third-order valence-electron chi connectivity index (χ3n) is 6.82. The van der Waals surface area contributed by atoms with Gasteiger partial charge in [-0.2, -0.15) is 0 Å². The van der Waals surface area contributed by atoms with E-state index in [9.17, 15) is 9.59 Å². The smallest absolute Gasteiger partial charge is 0.259 e. The van der Waals surface area contributed by atoms with E-state index in [0.717, 1.165) is 45.7 Å². The number of likely N-dealkylation sites (tertiary alicyclic amines) is 1. The molecule has 0 saturated carbocycles. The summed E-state index contributed by atoms with van der Waals surface area (Å²) in [7, 11) is 0. The Kier molecular flexibility index (Phi) is 7.12. The van der Waals surface area contributed by atoms with Gasteiger partial charge in [0.15, 0.2) is 0 Å². The monoisotopic (exact) mass is 528 g/mol. The number of pyridine rings is 1. The first-order valence-corrected chi connectivity index (χ1v) is 13.7. The zero-order chi connectivity index (χ0) is 26.9. The van der Waals surface area contributed by atoms with Crippen LogP contribution in [-0.2, 0) is 10.2 Å². The lowest BCUT2D eigenvalue weighted by Crippen LogP contribution is -2.37. The van der Waals surface area contributed by atoms with Crippen molar-refractivity contribution in [2.45, 2.75) is 51.9 Å². The highest BCUT2D eigenvalue weighted by Gasteiger charge is 2.28. The summed E-state index contributed by atoms with van der Waals surface area (Å²) in [5, 5.41) is 13.7. The molecule has 2 N–H and O–H groups in total. The number of H-pyrrole nitrogens is 1. The van der Waals surface area contributed by atoms with Crippen molar-refractivity contribution in [2.75, 3.05) is 18.4 Å². The topological polar surface area (TPSA) is 104 Å². The second-order valence-electron chi connectivity index (χ2n) is 10.7. The zero-order valence-electron chi connectivity index (χ0n) is 22.1. The van der Waals surface area contributed by atoms with Gasteiger partial charge in [-0.25, -0.2) is 0 Å². The Balaban J connectivity index is 1.25. The Morgan fingerprint density at radius 3 is 2.61 bits per heavy atom. The second-order valence-corrected chi connectivity index (χ2v) is 11.7. The summed E-state index contributed by atoms with van der Waals surface area (Å²) < 4.78 is 0. The first kappa shape index (κ1) is 25.8. The summed E-state index contributed by atoms with van der Waals surface area (Å²) >= 11 is 1.39.